The molecule has 0 bridgehead atoms. The number of nitrogens with zero attached hydrogens (tertiary/aromatic N) is 6. The molecule has 2 fully saturated rings. The van der Waals surface area contributed by atoms with Gasteiger partial charge in [-0.1, -0.05) is 6.92 Å². The number of nitriles is 1. The molecule has 1 aliphatic heterocycles. The van der Waals surface area contributed by atoms with Gasteiger partial charge in [0.25, 0.3) is 0 Å². The molecule has 1 aliphatic carbocycles. The Kier molecular flexibility index (Phi) is 5.25. The lowest BCUT2D eigenvalue weighted by atomic mass is 9.87. The quantitative estimate of drug-likeness (QED) is 0.610. The van der Waals surface area contributed by atoms with Crippen molar-refractivity contribution in [2.75, 3.05) is 31.1 Å². The van der Waals surface area contributed by atoms with Crippen LogP contribution in [-0.2, 0) is 7.05 Å². The van der Waals surface area contributed by atoms with Crippen molar-refractivity contribution in [2.45, 2.75) is 32.6 Å². The fraction of sp³-hybridized carbons (Fsp3) is 0.458. The molecule has 0 radical (unpaired) electrons. The minimum Gasteiger partial charge on any atom is -0.495 e. The van der Waals surface area contributed by atoms with Gasteiger partial charge in [-0.15, -0.1) is 0 Å². The summed E-state index contributed by atoms with van der Waals surface area (Å²) < 4.78 is 1.73. The van der Waals surface area contributed by atoms with Crippen LogP contribution in [0.3, 0.4) is 0 Å². The number of aryl methyl sites for hydroxylation is 1. The molecule has 8 nitrogen and oxygen atoms in total. The summed E-state index contributed by atoms with van der Waals surface area (Å²) in [5.74, 6) is 1.25. The number of nitrogens with one attached hydrogen (secondary N) is 1. The highest BCUT2D eigenvalue weighted by molar-refractivity contribution is 6.00. The number of aliphatic hydroxyl groups excluding tert-OH is 1. The van der Waals surface area contributed by atoms with Crippen molar-refractivity contribution < 1.29 is 5.11 Å². The average molecular weight is 432 g/mol. The van der Waals surface area contributed by atoms with E-state index in [1.54, 1.807) is 17.1 Å². The van der Waals surface area contributed by atoms with Crippen LogP contribution in [0.5, 0.6) is 0 Å². The predicted octanol–water partition coefficient (Wildman–Crippen LogP) is 3.94. The van der Waals surface area contributed by atoms with Crippen molar-refractivity contribution in [3.63, 3.8) is 0 Å². The second kappa shape index (κ2) is 8.23. The van der Waals surface area contributed by atoms with Crippen LogP contribution in [0.4, 0.5) is 5.69 Å². The van der Waals surface area contributed by atoms with Crippen LogP contribution in [-0.4, -0.2) is 55.9 Å². The number of H-pyrrole nitrogens is 1. The zero-order chi connectivity index (χ0) is 22.2. The highest BCUT2D eigenvalue weighted by atomic mass is 16.3. The Hall–Kier alpha value is -3.47. The highest BCUT2D eigenvalue weighted by Gasteiger charge is 2.26. The maximum Gasteiger partial charge on any atom is 0.186 e. The molecule has 2 aliphatic rings. The average Bonchev–Trinajstić information content (AvgIpc) is 3.42. The molecule has 166 valence electrons. The molecule has 0 unspecified atom stereocenters. The second-order valence-electron chi connectivity index (χ2n) is 9.03. The van der Waals surface area contributed by atoms with Crippen LogP contribution in [0, 0.1) is 17.2 Å². The predicted molar refractivity (Wildman–Crippen MR) is 124 cm³/mol. The number of aromatic amines is 1. The lowest BCUT2D eigenvalue weighted by Gasteiger charge is -2.38. The first kappa shape index (κ1) is 20.4. The van der Waals surface area contributed by atoms with Crippen molar-refractivity contribution in [3.8, 4) is 17.3 Å². The molecular weight excluding hydrogens is 402 g/mol. The van der Waals surface area contributed by atoms with Gasteiger partial charge >= 0.3 is 0 Å². The smallest absolute Gasteiger partial charge is 0.186 e. The summed E-state index contributed by atoms with van der Waals surface area (Å²) in [6.07, 6.45) is 9.78. The summed E-state index contributed by atoms with van der Waals surface area (Å²) in [5, 5.41) is 25.9. The summed E-state index contributed by atoms with van der Waals surface area (Å²) in [6.45, 7) is 5.38. The normalized spacial score (nSPS) is 19.4. The van der Waals surface area contributed by atoms with Crippen molar-refractivity contribution in [1.82, 2.24) is 24.6 Å². The molecule has 1 saturated carbocycles. The number of hydrogen-bond donors (Lipinski definition) is 2. The number of anilines is 1. The molecule has 0 aromatic carbocycles. The number of aromatic nitrogens is 4. The number of fused-ring (bicyclic) bond motifs is 1. The first-order valence-electron chi connectivity index (χ1n) is 11.4. The summed E-state index contributed by atoms with van der Waals surface area (Å²) in [6, 6.07) is 4.37. The van der Waals surface area contributed by atoms with E-state index >= 15 is 0 Å². The van der Waals surface area contributed by atoms with E-state index in [9.17, 15) is 10.4 Å². The first-order chi connectivity index (χ1) is 15.5. The Bertz CT molecular complexity index is 1200. The van der Waals surface area contributed by atoms with Crippen molar-refractivity contribution in [1.29, 1.82) is 5.26 Å². The minimum absolute atomic E-state index is 0.495. The Balaban J connectivity index is 1.41. The van der Waals surface area contributed by atoms with E-state index in [-0.39, 0.29) is 0 Å². The van der Waals surface area contributed by atoms with Gasteiger partial charge in [0.05, 0.1) is 28.5 Å². The van der Waals surface area contributed by atoms with Gasteiger partial charge in [-0.2, -0.15) is 10.4 Å². The molecule has 3 aromatic heterocycles. The lowest BCUT2D eigenvalue weighted by molar-refractivity contribution is 0.182. The third-order valence-corrected chi connectivity index (χ3v) is 6.89. The molecule has 5 rings (SSSR count). The number of aliphatic hydroxyl groups is 1. The molecule has 4 heterocycles. The van der Waals surface area contributed by atoms with Crippen molar-refractivity contribution >= 4 is 16.7 Å². The van der Waals surface area contributed by atoms with Gasteiger partial charge in [-0.05, 0) is 43.2 Å². The summed E-state index contributed by atoms with van der Waals surface area (Å²) in [4.78, 5) is 12.2. The molecule has 0 spiro atoms. The topological polar surface area (TPSA) is 97.0 Å². The second-order valence-corrected chi connectivity index (χ2v) is 9.03. The number of pyridine rings is 1. The van der Waals surface area contributed by atoms with Gasteiger partial charge in [-0.25, -0.2) is 4.98 Å². The molecule has 8 heteroatoms. The van der Waals surface area contributed by atoms with Crippen LogP contribution < -0.4 is 4.90 Å². The third kappa shape index (κ3) is 3.58. The maximum absolute atomic E-state index is 10.8. The van der Waals surface area contributed by atoms with Crippen LogP contribution in [0.15, 0.2) is 36.1 Å². The van der Waals surface area contributed by atoms with E-state index in [1.165, 1.54) is 5.57 Å². The Labute approximate surface area is 187 Å². The first-order valence-corrected chi connectivity index (χ1v) is 11.4. The van der Waals surface area contributed by atoms with Crippen LogP contribution in [0.1, 0.15) is 38.2 Å². The highest BCUT2D eigenvalue weighted by Crippen LogP contribution is 2.36. The van der Waals surface area contributed by atoms with E-state index in [0.717, 1.165) is 80.1 Å². The zero-order valence-corrected chi connectivity index (χ0v) is 18.7. The van der Waals surface area contributed by atoms with Crippen LogP contribution in [0.25, 0.3) is 22.3 Å². The molecule has 0 amide bonds. The fourth-order valence-corrected chi connectivity index (χ4v) is 4.96. The van der Waals surface area contributed by atoms with Gasteiger partial charge in [0.1, 0.15) is 11.7 Å². The third-order valence-electron chi connectivity index (χ3n) is 6.89. The molecule has 32 heavy (non-hydrogen) atoms. The van der Waals surface area contributed by atoms with Crippen LogP contribution >= 0.6 is 0 Å². The van der Waals surface area contributed by atoms with Crippen LogP contribution in [0.2, 0.25) is 0 Å². The minimum atomic E-state index is 0.495. The van der Waals surface area contributed by atoms with Gasteiger partial charge in [0.15, 0.2) is 5.88 Å². The molecule has 1 saturated heterocycles. The number of allylic oxidation sites excluding steroid dienone is 1. The van der Waals surface area contributed by atoms with E-state index in [4.69, 9.17) is 0 Å². The number of hydrogen-bond acceptors (Lipinski definition) is 6. The summed E-state index contributed by atoms with van der Waals surface area (Å²) >= 11 is 0. The van der Waals surface area contributed by atoms with Gasteiger partial charge in [-0.3, -0.25) is 4.68 Å². The monoisotopic (exact) mass is 431 g/mol. The number of piperazine rings is 1. The fourth-order valence-electron chi connectivity index (χ4n) is 4.96. The van der Waals surface area contributed by atoms with Gasteiger partial charge < -0.3 is 19.9 Å². The summed E-state index contributed by atoms with van der Waals surface area (Å²) in [5.41, 5.74) is 5.15. The summed E-state index contributed by atoms with van der Waals surface area (Å²) in [7, 11) is 1.86. The zero-order valence-electron chi connectivity index (χ0n) is 18.7. The Morgan fingerprint density at radius 2 is 1.97 bits per heavy atom. The Morgan fingerprint density at radius 1 is 1.22 bits per heavy atom. The molecular formula is C24H29N7O. The van der Waals surface area contributed by atoms with Gasteiger partial charge in [0.2, 0.25) is 0 Å². The molecule has 0 atom stereocenters. The van der Waals surface area contributed by atoms with Crippen molar-refractivity contribution in [3.05, 3.63) is 41.7 Å². The van der Waals surface area contributed by atoms with E-state index in [1.807, 2.05) is 19.3 Å². The number of rotatable bonds is 3. The molecule has 2 N–H and O–H groups in total. The lowest BCUT2D eigenvalue weighted by Crippen LogP contribution is -2.46. The molecule has 3 aromatic rings. The SMILES string of the molecule is CC1CCC(=C(O)N2CCN(c3ccnc4[nH]c(-c5cnn(C)c5)c(C#N)c34)CC2)CC1. The van der Waals surface area contributed by atoms with E-state index in [0.29, 0.717) is 17.1 Å². The largest absolute Gasteiger partial charge is 0.495 e. The van der Waals surface area contributed by atoms with E-state index < -0.39 is 0 Å². The maximum atomic E-state index is 10.8. The van der Waals surface area contributed by atoms with E-state index in [2.05, 4.69) is 37.9 Å². The Morgan fingerprint density at radius 3 is 2.62 bits per heavy atom. The van der Waals surface area contributed by atoms with Gasteiger partial charge in [0, 0.05) is 51.2 Å². The van der Waals surface area contributed by atoms with Crippen molar-refractivity contribution in [2.24, 2.45) is 13.0 Å². The standard InChI is InChI=1S/C24H29N7O/c1-16-3-5-17(6-4-16)24(32)31-11-9-30(10-12-31)20-7-8-26-23-21(20)19(13-25)22(28-23)18-14-27-29(2)15-18/h7-8,14-16,32H,3-6,9-12H2,1-2H3,(H,26,28).